The van der Waals surface area contributed by atoms with Crippen LogP contribution in [-0.4, -0.2) is 34.1 Å². The highest BCUT2D eigenvalue weighted by Gasteiger charge is 2.23. The molecule has 0 atom stereocenters. The van der Waals surface area contributed by atoms with Crippen LogP contribution in [0.3, 0.4) is 0 Å². The Balaban J connectivity index is 1.46. The van der Waals surface area contributed by atoms with Crippen LogP contribution in [0.5, 0.6) is 0 Å². The number of aromatic nitrogens is 2. The zero-order valence-electron chi connectivity index (χ0n) is 18.0. The van der Waals surface area contributed by atoms with E-state index in [2.05, 4.69) is 66.3 Å². The average molecular weight is 419 g/mol. The molecule has 0 spiro atoms. The lowest BCUT2D eigenvalue weighted by atomic mass is 9.82. The van der Waals surface area contributed by atoms with E-state index in [9.17, 15) is 4.79 Å². The van der Waals surface area contributed by atoms with Crippen molar-refractivity contribution in [3.8, 4) is 22.4 Å². The van der Waals surface area contributed by atoms with E-state index >= 15 is 0 Å². The number of aryl methyl sites for hydroxylation is 1. The van der Waals surface area contributed by atoms with Gasteiger partial charge in [-0.2, -0.15) is 5.10 Å². The molecule has 1 N–H and O–H groups in total. The van der Waals surface area contributed by atoms with Gasteiger partial charge in [-0.25, -0.2) is 4.79 Å². The second-order valence-corrected chi connectivity index (χ2v) is 8.64. The van der Waals surface area contributed by atoms with E-state index in [4.69, 9.17) is 14.9 Å². The minimum Gasteiger partial charge on any atom is -0.480 e. The molecule has 162 valence electrons. The summed E-state index contributed by atoms with van der Waals surface area (Å²) in [5.41, 5.74) is 5.77. The lowest BCUT2D eigenvalue weighted by molar-refractivity contribution is -0.142. The fourth-order valence-corrected chi connectivity index (χ4v) is 4.43. The Morgan fingerprint density at radius 3 is 2.35 bits per heavy atom. The van der Waals surface area contributed by atoms with Crippen LogP contribution in [0.25, 0.3) is 22.4 Å². The van der Waals surface area contributed by atoms with Gasteiger partial charge in [0, 0.05) is 23.9 Å². The molecule has 2 aromatic carbocycles. The minimum absolute atomic E-state index is 0.197. The third-order valence-corrected chi connectivity index (χ3v) is 6.16. The Labute approximate surface area is 183 Å². The maximum atomic E-state index is 10.6. The molecule has 1 aliphatic carbocycles. The standard InChI is InChI=1S/C26H30N2O3/c1-19-7-13-22(14-8-19)24-16-28(27-26(24)23-5-3-2-4-6-23)15-20-9-11-21(12-10-20)17-31-18-25(29)30/h2-8,13-14,16,20-21H,9-12,15,17-18H2,1H3,(H,29,30)/t20-,21+. The van der Waals surface area contributed by atoms with Gasteiger partial charge in [-0.1, -0.05) is 60.2 Å². The monoisotopic (exact) mass is 418 g/mol. The Morgan fingerprint density at radius 2 is 1.68 bits per heavy atom. The first-order valence-electron chi connectivity index (χ1n) is 11.1. The second kappa shape index (κ2) is 9.92. The van der Waals surface area contributed by atoms with Crippen LogP contribution in [0, 0.1) is 18.8 Å². The zero-order valence-corrected chi connectivity index (χ0v) is 18.0. The maximum absolute atomic E-state index is 10.6. The zero-order chi connectivity index (χ0) is 21.6. The van der Waals surface area contributed by atoms with E-state index in [0.717, 1.165) is 43.5 Å². The fourth-order valence-electron chi connectivity index (χ4n) is 4.43. The second-order valence-electron chi connectivity index (χ2n) is 8.64. The van der Waals surface area contributed by atoms with Crippen molar-refractivity contribution in [2.75, 3.05) is 13.2 Å². The van der Waals surface area contributed by atoms with Crippen molar-refractivity contribution in [1.29, 1.82) is 0 Å². The molecule has 31 heavy (non-hydrogen) atoms. The molecule has 1 aromatic heterocycles. The van der Waals surface area contributed by atoms with Crippen LogP contribution in [0.1, 0.15) is 31.2 Å². The summed E-state index contributed by atoms with van der Waals surface area (Å²) in [4.78, 5) is 10.6. The molecule has 0 aliphatic heterocycles. The van der Waals surface area contributed by atoms with Gasteiger partial charge >= 0.3 is 5.97 Å². The lowest BCUT2D eigenvalue weighted by Crippen LogP contribution is -2.23. The fraction of sp³-hybridized carbons (Fsp3) is 0.385. The van der Waals surface area contributed by atoms with Gasteiger partial charge < -0.3 is 9.84 Å². The Hall–Kier alpha value is -2.92. The van der Waals surface area contributed by atoms with Crippen LogP contribution >= 0.6 is 0 Å². The van der Waals surface area contributed by atoms with Crippen LogP contribution < -0.4 is 0 Å². The number of carboxylic acids is 1. The number of aliphatic carboxylic acids is 1. The molecule has 5 nitrogen and oxygen atoms in total. The van der Waals surface area contributed by atoms with Crippen molar-refractivity contribution in [1.82, 2.24) is 9.78 Å². The molecule has 3 aromatic rings. The number of nitrogens with zero attached hydrogens (tertiary/aromatic N) is 2. The summed E-state index contributed by atoms with van der Waals surface area (Å²) in [6.45, 7) is 3.37. The molecular weight excluding hydrogens is 388 g/mol. The quantitative estimate of drug-likeness (QED) is 0.529. The molecule has 1 saturated carbocycles. The Kier molecular flexibility index (Phi) is 6.82. The average Bonchev–Trinajstić information content (AvgIpc) is 3.19. The van der Waals surface area contributed by atoms with Gasteiger partial charge in [0.1, 0.15) is 12.3 Å². The molecule has 0 unspecified atom stereocenters. The summed E-state index contributed by atoms with van der Waals surface area (Å²) in [6.07, 6.45) is 6.61. The largest absolute Gasteiger partial charge is 0.480 e. The van der Waals surface area contributed by atoms with E-state index in [1.54, 1.807) is 0 Å². The first kappa shape index (κ1) is 21.3. The molecule has 4 rings (SSSR count). The highest BCUT2D eigenvalue weighted by atomic mass is 16.5. The van der Waals surface area contributed by atoms with Crippen LogP contribution in [0.2, 0.25) is 0 Å². The summed E-state index contributed by atoms with van der Waals surface area (Å²) in [6, 6.07) is 19.0. The van der Waals surface area contributed by atoms with Crippen molar-refractivity contribution >= 4 is 5.97 Å². The van der Waals surface area contributed by atoms with Gasteiger partial charge in [-0.15, -0.1) is 0 Å². The molecule has 0 saturated heterocycles. The topological polar surface area (TPSA) is 64.3 Å². The van der Waals surface area contributed by atoms with E-state index in [1.165, 1.54) is 16.7 Å². The summed E-state index contributed by atoms with van der Waals surface area (Å²) in [7, 11) is 0. The van der Waals surface area contributed by atoms with Crippen molar-refractivity contribution in [2.45, 2.75) is 39.2 Å². The number of carbonyl (C=O) groups is 1. The number of rotatable bonds is 8. The van der Waals surface area contributed by atoms with E-state index < -0.39 is 5.97 Å². The molecule has 1 heterocycles. The molecule has 0 bridgehead atoms. The van der Waals surface area contributed by atoms with Crippen LogP contribution in [0.4, 0.5) is 0 Å². The highest BCUT2D eigenvalue weighted by Crippen LogP contribution is 2.34. The van der Waals surface area contributed by atoms with Gasteiger partial charge in [0.05, 0.1) is 6.61 Å². The van der Waals surface area contributed by atoms with Gasteiger partial charge in [-0.05, 0) is 50.0 Å². The van der Waals surface area contributed by atoms with Gasteiger partial charge in [0.25, 0.3) is 0 Å². The summed E-state index contributed by atoms with van der Waals surface area (Å²) in [5, 5.41) is 13.7. The Bertz CT molecular complexity index is 987. The minimum atomic E-state index is -0.897. The van der Waals surface area contributed by atoms with E-state index in [-0.39, 0.29) is 6.61 Å². The number of benzene rings is 2. The third kappa shape index (κ3) is 5.61. The van der Waals surface area contributed by atoms with Crippen molar-refractivity contribution < 1.29 is 14.6 Å². The molecule has 0 amide bonds. The first-order valence-corrected chi connectivity index (χ1v) is 11.1. The van der Waals surface area contributed by atoms with Crippen molar-refractivity contribution in [2.24, 2.45) is 11.8 Å². The van der Waals surface area contributed by atoms with E-state index in [1.807, 2.05) is 6.07 Å². The van der Waals surface area contributed by atoms with Crippen LogP contribution in [-0.2, 0) is 16.1 Å². The highest BCUT2D eigenvalue weighted by molar-refractivity contribution is 5.80. The molecular formula is C26H30N2O3. The van der Waals surface area contributed by atoms with Crippen LogP contribution in [0.15, 0.2) is 60.8 Å². The normalized spacial score (nSPS) is 18.7. The Morgan fingerprint density at radius 1 is 1.00 bits per heavy atom. The predicted molar refractivity (Wildman–Crippen MR) is 122 cm³/mol. The molecule has 5 heteroatoms. The van der Waals surface area contributed by atoms with Gasteiger partial charge in [-0.3, -0.25) is 4.68 Å². The smallest absolute Gasteiger partial charge is 0.329 e. The number of hydrogen-bond donors (Lipinski definition) is 1. The summed E-state index contributed by atoms with van der Waals surface area (Å²) >= 11 is 0. The van der Waals surface area contributed by atoms with Gasteiger partial charge in [0.15, 0.2) is 0 Å². The third-order valence-electron chi connectivity index (χ3n) is 6.16. The van der Waals surface area contributed by atoms with Crippen molar-refractivity contribution in [3.05, 3.63) is 66.4 Å². The molecule has 0 radical (unpaired) electrons. The first-order chi connectivity index (χ1) is 15.1. The lowest BCUT2D eigenvalue weighted by Gasteiger charge is -2.28. The SMILES string of the molecule is Cc1ccc(-c2cn(C[C@H]3CC[C@@H](COCC(=O)O)CC3)nc2-c2ccccc2)cc1. The van der Waals surface area contributed by atoms with Gasteiger partial charge in [0.2, 0.25) is 0 Å². The number of carboxylic acid groups (broad SMARTS) is 1. The summed E-state index contributed by atoms with van der Waals surface area (Å²) < 4.78 is 7.41. The number of ether oxygens (including phenoxy) is 1. The number of hydrogen-bond acceptors (Lipinski definition) is 3. The van der Waals surface area contributed by atoms with E-state index in [0.29, 0.717) is 18.4 Å². The molecule has 1 aliphatic rings. The molecule has 1 fully saturated rings. The maximum Gasteiger partial charge on any atom is 0.329 e. The predicted octanol–water partition coefficient (Wildman–Crippen LogP) is 5.43. The summed E-state index contributed by atoms with van der Waals surface area (Å²) in [5.74, 6) is 0.160. The van der Waals surface area contributed by atoms with Crippen molar-refractivity contribution in [3.63, 3.8) is 0 Å².